The van der Waals surface area contributed by atoms with Crippen LogP contribution < -0.4 is 4.90 Å². The number of anilines is 1. The molecular formula is C24H22N2O2. The smallest absolute Gasteiger partial charge is 0.270 e. The zero-order valence-corrected chi connectivity index (χ0v) is 15.6. The fraction of sp³-hybridized carbons (Fsp3) is 0.250. The van der Waals surface area contributed by atoms with Crippen molar-refractivity contribution < 1.29 is 4.92 Å². The van der Waals surface area contributed by atoms with Gasteiger partial charge in [0.05, 0.1) is 4.92 Å². The Morgan fingerprint density at radius 2 is 1.25 bits per heavy atom. The number of nitrogens with zero attached hydrogens (tertiary/aromatic N) is 2. The van der Waals surface area contributed by atoms with Gasteiger partial charge >= 0.3 is 0 Å². The number of nitro benzene ring substituents is 1. The van der Waals surface area contributed by atoms with Crippen LogP contribution in [0.1, 0.15) is 46.9 Å². The minimum Gasteiger partial charge on any atom is -0.371 e. The SMILES string of the molecule is O=[N+]([O-])c1cc2c3c(c1)[C@H](c1ccccc1)CCN3CC[C@H]2c1ccccc1. The molecule has 0 aromatic heterocycles. The average Bonchev–Trinajstić information content (AvgIpc) is 2.75. The monoisotopic (exact) mass is 370 g/mol. The standard InChI is InChI=1S/C24H22N2O2/c27-26(28)19-15-22-20(17-7-3-1-4-8-17)11-13-25-14-12-21(23(16-19)24(22)25)18-9-5-2-6-10-18/h1-10,15-16,20-21H,11-14H2/t20-,21-/m0/s1. The molecule has 4 heteroatoms. The van der Waals surface area contributed by atoms with E-state index >= 15 is 0 Å². The van der Waals surface area contributed by atoms with Crippen LogP contribution in [0.5, 0.6) is 0 Å². The predicted molar refractivity (Wildman–Crippen MR) is 111 cm³/mol. The molecular weight excluding hydrogens is 348 g/mol. The summed E-state index contributed by atoms with van der Waals surface area (Å²) >= 11 is 0. The minimum atomic E-state index is -0.242. The Balaban J connectivity index is 1.72. The lowest BCUT2D eigenvalue weighted by atomic mass is 9.76. The summed E-state index contributed by atoms with van der Waals surface area (Å²) in [5.74, 6) is 0.418. The van der Waals surface area contributed by atoms with Crippen molar-refractivity contribution in [2.24, 2.45) is 0 Å². The first-order valence-electron chi connectivity index (χ1n) is 9.89. The maximum absolute atomic E-state index is 11.7. The number of non-ortho nitro benzene ring substituents is 1. The molecule has 0 spiro atoms. The molecule has 2 aliphatic rings. The lowest BCUT2D eigenvalue weighted by Crippen LogP contribution is -2.37. The van der Waals surface area contributed by atoms with E-state index < -0.39 is 0 Å². The number of hydrogen-bond acceptors (Lipinski definition) is 3. The van der Waals surface area contributed by atoms with Crippen LogP contribution in [0.15, 0.2) is 72.8 Å². The zero-order chi connectivity index (χ0) is 19.1. The van der Waals surface area contributed by atoms with E-state index in [9.17, 15) is 10.1 Å². The molecule has 4 nitrogen and oxygen atoms in total. The van der Waals surface area contributed by atoms with Crippen LogP contribution >= 0.6 is 0 Å². The van der Waals surface area contributed by atoms with Gasteiger partial charge in [-0.05, 0) is 35.1 Å². The van der Waals surface area contributed by atoms with Gasteiger partial charge in [0, 0.05) is 42.7 Å². The van der Waals surface area contributed by atoms with E-state index in [0.29, 0.717) is 0 Å². The molecule has 0 amide bonds. The molecule has 0 aliphatic carbocycles. The Hall–Kier alpha value is -3.14. The van der Waals surface area contributed by atoms with Crippen LogP contribution in [0.25, 0.3) is 0 Å². The molecule has 5 rings (SSSR count). The molecule has 2 heterocycles. The largest absolute Gasteiger partial charge is 0.371 e. The van der Waals surface area contributed by atoms with Crippen molar-refractivity contribution >= 4 is 11.4 Å². The second-order valence-electron chi connectivity index (χ2n) is 7.72. The molecule has 3 aromatic rings. The Morgan fingerprint density at radius 3 is 1.68 bits per heavy atom. The molecule has 0 fully saturated rings. The zero-order valence-electron chi connectivity index (χ0n) is 15.6. The Kier molecular flexibility index (Phi) is 4.12. The third-order valence-electron chi connectivity index (χ3n) is 6.21. The Bertz CT molecular complexity index is 945. The van der Waals surface area contributed by atoms with Gasteiger partial charge in [-0.3, -0.25) is 10.1 Å². The van der Waals surface area contributed by atoms with Crippen molar-refractivity contribution in [2.45, 2.75) is 24.7 Å². The average molecular weight is 370 g/mol. The van der Waals surface area contributed by atoms with Crippen LogP contribution in [0, 0.1) is 10.1 Å². The number of hydrogen-bond donors (Lipinski definition) is 0. The highest BCUT2D eigenvalue weighted by molar-refractivity contribution is 5.71. The second-order valence-corrected chi connectivity index (χ2v) is 7.72. The van der Waals surface area contributed by atoms with Gasteiger partial charge in [-0.2, -0.15) is 0 Å². The summed E-state index contributed by atoms with van der Waals surface area (Å²) < 4.78 is 0. The topological polar surface area (TPSA) is 46.4 Å². The molecule has 0 N–H and O–H groups in total. The second kappa shape index (κ2) is 6.79. The van der Waals surface area contributed by atoms with Crippen molar-refractivity contribution in [3.8, 4) is 0 Å². The first-order valence-corrected chi connectivity index (χ1v) is 9.89. The normalized spacial score (nSPS) is 20.5. The molecule has 0 radical (unpaired) electrons. The van der Waals surface area contributed by atoms with E-state index in [-0.39, 0.29) is 22.4 Å². The van der Waals surface area contributed by atoms with E-state index in [1.165, 1.54) is 16.8 Å². The van der Waals surface area contributed by atoms with Crippen LogP contribution in [-0.4, -0.2) is 18.0 Å². The summed E-state index contributed by atoms with van der Waals surface area (Å²) in [6.45, 7) is 2.00. The van der Waals surface area contributed by atoms with E-state index in [2.05, 4.69) is 53.4 Å². The van der Waals surface area contributed by atoms with Gasteiger partial charge in [-0.1, -0.05) is 60.7 Å². The van der Waals surface area contributed by atoms with Gasteiger partial charge in [0.1, 0.15) is 0 Å². The van der Waals surface area contributed by atoms with Gasteiger partial charge in [0.15, 0.2) is 0 Å². The summed E-state index contributed by atoms with van der Waals surface area (Å²) in [6, 6.07) is 24.5. The molecule has 0 bridgehead atoms. The van der Waals surface area contributed by atoms with Crippen LogP contribution in [0.4, 0.5) is 11.4 Å². The predicted octanol–water partition coefficient (Wildman–Crippen LogP) is 5.47. The lowest BCUT2D eigenvalue weighted by Gasteiger charge is -2.42. The molecule has 2 aliphatic heterocycles. The quantitative estimate of drug-likeness (QED) is 0.453. The molecule has 3 aromatic carbocycles. The molecule has 0 saturated carbocycles. The lowest BCUT2D eigenvalue weighted by molar-refractivity contribution is -0.385. The molecule has 0 unspecified atom stereocenters. The summed E-state index contributed by atoms with van der Waals surface area (Å²) in [6.07, 6.45) is 1.99. The van der Waals surface area contributed by atoms with Crippen molar-refractivity contribution in [3.05, 3.63) is 105 Å². The van der Waals surface area contributed by atoms with Gasteiger partial charge < -0.3 is 4.90 Å². The van der Waals surface area contributed by atoms with E-state index in [1.54, 1.807) is 0 Å². The summed E-state index contributed by atoms with van der Waals surface area (Å²) in [5.41, 5.74) is 6.15. The third kappa shape index (κ3) is 2.76. The van der Waals surface area contributed by atoms with Gasteiger partial charge in [-0.15, -0.1) is 0 Å². The molecule has 28 heavy (non-hydrogen) atoms. The summed E-state index contributed by atoms with van der Waals surface area (Å²) in [5, 5.41) is 11.7. The maximum Gasteiger partial charge on any atom is 0.270 e. The Labute approximate surface area is 164 Å². The highest BCUT2D eigenvalue weighted by atomic mass is 16.6. The van der Waals surface area contributed by atoms with Gasteiger partial charge in [0.25, 0.3) is 5.69 Å². The maximum atomic E-state index is 11.7. The fourth-order valence-corrected chi connectivity index (χ4v) is 4.94. The van der Waals surface area contributed by atoms with Crippen molar-refractivity contribution in [1.29, 1.82) is 0 Å². The first-order chi connectivity index (χ1) is 13.7. The van der Waals surface area contributed by atoms with E-state index in [1.807, 2.05) is 24.3 Å². The van der Waals surface area contributed by atoms with Crippen LogP contribution in [0.2, 0.25) is 0 Å². The summed E-state index contributed by atoms with van der Waals surface area (Å²) in [4.78, 5) is 13.9. The van der Waals surface area contributed by atoms with Crippen LogP contribution in [0.3, 0.4) is 0 Å². The minimum absolute atomic E-state index is 0.208. The first kappa shape index (κ1) is 17.0. The highest BCUT2D eigenvalue weighted by Gasteiger charge is 2.36. The number of rotatable bonds is 3. The molecule has 140 valence electrons. The number of benzene rings is 3. The van der Waals surface area contributed by atoms with Crippen molar-refractivity contribution in [1.82, 2.24) is 0 Å². The van der Waals surface area contributed by atoms with Gasteiger partial charge in [0.2, 0.25) is 0 Å². The molecule has 0 saturated heterocycles. The molecule has 2 atom stereocenters. The van der Waals surface area contributed by atoms with E-state index in [0.717, 1.165) is 37.1 Å². The Morgan fingerprint density at radius 1 is 0.786 bits per heavy atom. The fourth-order valence-electron chi connectivity index (χ4n) is 4.94. The number of nitro groups is 1. The summed E-state index contributed by atoms with van der Waals surface area (Å²) in [7, 11) is 0. The van der Waals surface area contributed by atoms with Crippen molar-refractivity contribution in [3.63, 3.8) is 0 Å². The van der Waals surface area contributed by atoms with Gasteiger partial charge in [-0.25, -0.2) is 0 Å². The van der Waals surface area contributed by atoms with Crippen LogP contribution in [-0.2, 0) is 0 Å². The highest BCUT2D eigenvalue weighted by Crippen LogP contribution is 2.49. The van der Waals surface area contributed by atoms with Crippen molar-refractivity contribution in [2.75, 3.05) is 18.0 Å². The third-order valence-corrected chi connectivity index (χ3v) is 6.21. The van der Waals surface area contributed by atoms with E-state index in [4.69, 9.17) is 0 Å².